The van der Waals surface area contributed by atoms with E-state index in [1.54, 1.807) is 32.1 Å². The quantitative estimate of drug-likeness (QED) is 0.740. The number of carboxylic acids is 2. The molecule has 0 spiro atoms. The predicted molar refractivity (Wildman–Crippen MR) is 114 cm³/mol. The Labute approximate surface area is 178 Å². The summed E-state index contributed by atoms with van der Waals surface area (Å²) >= 11 is 0. The van der Waals surface area contributed by atoms with Crippen LogP contribution >= 0.6 is 0 Å². The van der Waals surface area contributed by atoms with Crippen molar-refractivity contribution in [2.45, 2.75) is 51.6 Å². The smallest absolute Gasteiger partial charge is 0.414 e. The molecule has 6 nitrogen and oxygen atoms in total. The Morgan fingerprint density at radius 3 is 1.90 bits per heavy atom. The van der Waals surface area contributed by atoms with Crippen LogP contribution in [-0.2, 0) is 16.1 Å². The number of benzene rings is 1. The second-order valence-electron chi connectivity index (χ2n) is 9.77. The third-order valence-corrected chi connectivity index (χ3v) is 7.84. The number of aryl methyl sites for hydroxylation is 1. The summed E-state index contributed by atoms with van der Waals surface area (Å²) in [5.41, 5.74) is 2.96. The molecule has 2 N–H and O–H groups in total. The lowest BCUT2D eigenvalue weighted by Crippen LogP contribution is -2.60. The van der Waals surface area contributed by atoms with Crippen LogP contribution in [0.2, 0.25) is 0 Å². The standard InChI is InChI=1S/C22H32N2.C2H2O4/c1-16-4-2-3-5-19(16)15-23-6-8-24(9-7-23)22-20-11-17-10-18(13-20)14-21(22)12-17;3-1(4)2(5)6/h2-5,17-18,20-22H,6-15H2,1H3;(H,3,4)(H,5,6). The van der Waals surface area contributed by atoms with Gasteiger partial charge in [-0.15, -0.1) is 0 Å². The van der Waals surface area contributed by atoms with E-state index in [4.69, 9.17) is 19.8 Å². The molecule has 5 fully saturated rings. The molecular formula is C24H34N2O4. The third kappa shape index (κ3) is 4.70. The van der Waals surface area contributed by atoms with E-state index in [9.17, 15) is 0 Å². The van der Waals surface area contributed by atoms with Crippen molar-refractivity contribution >= 4 is 11.9 Å². The molecule has 4 aliphatic carbocycles. The summed E-state index contributed by atoms with van der Waals surface area (Å²) < 4.78 is 0. The molecule has 4 saturated carbocycles. The Kier molecular flexibility index (Phi) is 6.44. The molecular weight excluding hydrogens is 380 g/mol. The van der Waals surface area contributed by atoms with E-state index in [1.807, 2.05) is 0 Å². The van der Waals surface area contributed by atoms with Gasteiger partial charge in [0.15, 0.2) is 0 Å². The zero-order valence-electron chi connectivity index (χ0n) is 17.9. The summed E-state index contributed by atoms with van der Waals surface area (Å²) in [6.45, 7) is 8.52. The highest BCUT2D eigenvalue weighted by Gasteiger charge is 2.50. The maximum atomic E-state index is 9.10. The molecule has 4 bridgehead atoms. The average Bonchev–Trinajstić information content (AvgIpc) is 2.70. The van der Waals surface area contributed by atoms with E-state index < -0.39 is 11.9 Å². The van der Waals surface area contributed by atoms with Gasteiger partial charge in [0.2, 0.25) is 0 Å². The van der Waals surface area contributed by atoms with E-state index >= 15 is 0 Å². The van der Waals surface area contributed by atoms with Gasteiger partial charge in [-0.05, 0) is 73.8 Å². The molecule has 1 heterocycles. The first-order valence-corrected chi connectivity index (χ1v) is 11.4. The van der Waals surface area contributed by atoms with Crippen molar-refractivity contribution < 1.29 is 19.8 Å². The number of carboxylic acid groups (broad SMARTS) is 2. The molecule has 1 aromatic carbocycles. The highest BCUT2D eigenvalue weighted by atomic mass is 16.4. The molecule has 0 radical (unpaired) electrons. The van der Waals surface area contributed by atoms with Gasteiger partial charge >= 0.3 is 11.9 Å². The normalized spacial score (nSPS) is 33.0. The van der Waals surface area contributed by atoms with Gasteiger partial charge in [0, 0.05) is 38.8 Å². The maximum Gasteiger partial charge on any atom is 0.414 e. The molecule has 1 aromatic rings. The number of hydrogen-bond acceptors (Lipinski definition) is 4. The summed E-state index contributed by atoms with van der Waals surface area (Å²) in [4.78, 5) is 23.8. The highest BCUT2D eigenvalue weighted by Crippen LogP contribution is 2.55. The van der Waals surface area contributed by atoms with Crippen LogP contribution in [0.1, 0.15) is 43.2 Å². The van der Waals surface area contributed by atoms with Gasteiger partial charge in [-0.25, -0.2) is 9.59 Å². The van der Waals surface area contributed by atoms with Crippen molar-refractivity contribution in [3.05, 3.63) is 35.4 Å². The van der Waals surface area contributed by atoms with Crippen molar-refractivity contribution in [1.82, 2.24) is 9.80 Å². The molecule has 164 valence electrons. The van der Waals surface area contributed by atoms with Crippen molar-refractivity contribution in [2.75, 3.05) is 26.2 Å². The van der Waals surface area contributed by atoms with E-state index in [0.29, 0.717) is 0 Å². The van der Waals surface area contributed by atoms with Crippen LogP contribution in [0.5, 0.6) is 0 Å². The largest absolute Gasteiger partial charge is 0.473 e. The molecule has 6 rings (SSSR count). The van der Waals surface area contributed by atoms with E-state index in [0.717, 1.165) is 36.3 Å². The van der Waals surface area contributed by atoms with Crippen molar-refractivity contribution in [3.8, 4) is 0 Å². The van der Waals surface area contributed by atoms with Crippen LogP contribution in [0.3, 0.4) is 0 Å². The minimum absolute atomic E-state index is 0.943. The Balaban J connectivity index is 0.000000322. The maximum absolute atomic E-state index is 9.10. The van der Waals surface area contributed by atoms with Gasteiger partial charge in [0.25, 0.3) is 0 Å². The molecule has 6 heteroatoms. The average molecular weight is 415 g/mol. The minimum Gasteiger partial charge on any atom is -0.473 e. The molecule has 0 aromatic heterocycles. The van der Waals surface area contributed by atoms with E-state index in [2.05, 4.69) is 41.0 Å². The molecule has 0 unspecified atom stereocenters. The Morgan fingerprint density at radius 2 is 1.40 bits per heavy atom. The van der Waals surface area contributed by atoms with Crippen LogP contribution in [0.4, 0.5) is 0 Å². The van der Waals surface area contributed by atoms with Gasteiger partial charge in [0.1, 0.15) is 0 Å². The van der Waals surface area contributed by atoms with E-state index in [-0.39, 0.29) is 0 Å². The molecule has 1 saturated heterocycles. The van der Waals surface area contributed by atoms with Crippen molar-refractivity contribution in [2.24, 2.45) is 23.7 Å². The molecule has 0 amide bonds. The second-order valence-corrected chi connectivity index (χ2v) is 9.77. The van der Waals surface area contributed by atoms with Crippen molar-refractivity contribution in [3.63, 3.8) is 0 Å². The topological polar surface area (TPSA) is 81.1 Å². The van der Waals surface area contributed by atoms with Crippen LogP contribution in [0.15, 0.2) is 24.3 Å². The van der Waals surface area contributed by atoms with Gasteiger partial charge < -0.3 is 10.2 Å². The van der Waals surface area contributed by atoms with E-state index in [1.165, 1.54) is 37.3 Å². The Bertz CT molecular complexity index is 732. The number of hydrogen-bond donors (Lipinski definition) is 2. The number of piperazine rings is 1. The van der Waals surface area contributed by atoms with Crippen LogP contribution in [0, 0.1) is 30.6 Å². The molecule has 1 aliphatic heterocycles. The summed E-state index contributed by atoms with van der Waals surface area (Å²) in [6.07, 6.45) is 7.80. The SMILES string of the molecule is Cc1ccccc1CN1CCN(C2C3CC4CC(C3)CC2C4)CC1.O=C(O)C(=O)O. The predicted octanol–water partition coefficient (Wildman–Crippen LogP) is 3.09. The fourth-order valence-corrected chi connectivity index (χ4v) is 6.74. The van der Waals surface area contributed by atoms with Crippen molar-refractivity contribution in [1.29, 1.82) is 0 Å². The first kappa shape index (κ1) is 21.3. The molecule has 0 atom stereocenters. The zero-order chi connectivity index (χ0) is 21.3. The Morgan fingerprint density at radius 1 is 0.867 bits per heavy atom. The first-order valence-electron chi connectivity index (χ1n) is 11.4. The van der Waals surface area contributed by atoms with Gasteiger partial charge in [0.05, 0.1) is 0 Å². The lowest BCUT2D eigenvalue weighted by Gasteiger charge is -2.58. The van der Waals surface area contributed by atoms with Gasteiger partial charge in [-0.1, -0.05) is 24.3 Å². The summed E-state index contributed by atoms with van der Waals surface area (Å²) in [6, 6.07) is 9.84. The fraction of sp³-hybridized carbons (Fsp3) is 0.667. The summed E-state index contributed by atoms with van der Waals surface area (Å²) in [7, 11) is 0. The van der Waals surface area contributed by atoms with Gasteiger partial charge in [-0.2, -0.15) is 0 Å². The lowest BCUT2D eigenvalue weighted by molar-refractivity contribution is -0.159. The highest BCUT2D eigenvalue weighted by molar-refractivity contribution is 6.27. The van der Waals surface area contributed by atoms with Crippen LogP contribution < -0.4 is 0 Å². The molecule has 30 heavy (non-hydrogen) atoms. The monoisotopic (exact) mass is 414 g/mol. The summed E-state index contributed by atoms with van der Waals surface area (Å²) in [5, 5.41) is 14.8. The minimum atomic E-state index is -1.82. The zero-order valence-corrected chi connectivity index (χ0v) is 17.9. The van der Waals surface area contributed by atoms with Crippen LogP contribution in [-0.4, -0.2) is 64.2 Å². The second kappa shape index (κ2) is 9.06. The molecule has 5 aliphatic rings. The third-order valence-electron chi connectivity index (χ3n) is 7.84. The number of carbonyl (C=O) groups is 2. The fourth-order valence-electron chi connectivity index (χ4n) is 6.74. The number of nitrogens with zero attached hydrogens (tertiary/aromatic N) is 2. The number of aliphatic carboxylic acids is 2. The van der Waals surface area contributed by atoms with Crippen LogP contribution in [0.25, 0.3) is 0 Å². The Hall–Kier alpha value is -1.92. The summed E-state index contributed by atoms with van der Waals surface area (Å²) in [5.74, 6) is 0.649. The van der Waals surface area contributed by atoms with Gasteiger partial charge in [-0.3, -0.25) is 9.80 Å². The first-order chi connectivity index (χ1) is 14.4. The lowest BCUT2D eigenvalue weighted by atomic mass is 9.54. The number of rotatable bonds is 3.